The average molecular weight is 448 g/mol. The second-order valence-electron chi connectivity index (χ2n) is 7.23. The lowest BCUT2D eigenvalue weighted by atomic mass is 9.92. The maximum absolute atomic E-state index is 13.4. The van der Waals surface area contributed by atoms with Crippen LogP contribution >= 0.6 is 0 Å². The number of amides is 2. The summed E-state index contributed by atoms with van der Waals surface area (Å²) < 4.78 is 32.3. The molecular formula is C22H12N2O7S. The Kier molecular flexibility index (Phi) is 4.13. The van der Waals surface area contributed by atoms with Crippen molar-refractivity contribution in [3.05, 3.63) is 88.0 Å². The Morgan fingerprint density at radius 2 is 1.53 bits per heavy atom. The normalized spacial score (nSPS) is 13.7. The summed E-state index contributed by atoms with van der Waals surface area (Å²) in [6, 6.07) is 15.6. The number of fused-ring (bicyclic) bond motifs is 1. The summed E-state index contributed by atoms with van der Waals surface area (Å²) in [5, 5.41) is 12.9. The molecule has 0 aliphatic carbocycles. The molecule has 5 rings (SSSR count). The summed E-state index contributed by atoms with van der Waals surface area (Å²) >= 11 is 0. The number of nitrogens with zero attached hydrogens (tertiary/aromatic N) is 2. The summed E-state index contributed by atoms with van der Waals surface area (Å²) in [7, 11) is -4.44. The second-order valence-corrected chi connectivity index (χ2v) is 8.66. The topological polar surface area (TPSA) is 135 Å². The van der Waals surface area contributed by atoms with E-state index in [0.29, 0.717) is 21.5 Å². The molecule has 4 aromatic rings. The number of hydrogen-bond acceptors (Lipinski definition) is 6. The summed E-state index contributed by atoms with van der Waals surface area (Å²) in [4.78, 5) is 38.1. The first kappa shape index (κ1) is 19.8. The van der Waals surface area contributed by atoms with E-state index in [1.807, 2.05) is 0 Å². The maximum Gasteiger partial charge on any atom is 0.294 e. The minimum atomic E-state index is -4.44. The Labute approximate surface area is 180 Å². The van der Waals surface area contributed by atoms with E-state index in [0.717, 1.165) is 11.0 Å². The van der Waals surface area contributed by atoms with Gasteiger partial charge in [-0.15, -0.1) is 0 Å². The van der Waals surface area contributed by atoms with E-state index in [1.165, 1.54) is 36.4 Å². The summed E-state index contributed by atoms with van der Waals surface area (Å²) in [6.07, 6.45) is 0. The lowest BCUT2D eigenvalue weighted by molar-refractivity contribution is -0.384. The third-order valence-corrected chi connectivity index (χ3v) is 6.26. The molecule has 0 radical (unpaired) electrons. The third-order valence-electron chi connectivity index (χ3n) is 5.41. The highest BCUT2D eigenvalue weighted by atomic mass is 32.2. The fourth-order valence-electron chi connectivity index (χ4n) is 4.02. The summed E-state index contributed by atoms with van der Waals surface area (Å²) in [6.45, 7) is 0. The van der Waals surface area contributed by atoms with Crippen LogP contribution in [-0.4, -0.2) is 29.7 Å². The Morgan fingerprint density at radius 1 is 0.844 bits per heavy atom. The summed E-state index contributed by atoms with van der Waals surface area (Å²) in [5.41, 5.74) is 0.158. The molecule has 1 aliphatic rings. The van der Waals surface area contributed by atoms with Gasteiger partial charge < -0.3 is 0 Å². The smallest absolute Gasteiger partial charge is 0.282 e. The number of anilines is 1. The van der Waals surface area contributed by atoms with Gasteiger partial charge in [0.2, 0.25) is 0 Å². The van der Waals surface area contributed by atoms with E-state index in [-0.39, 0.29) is 27.4 Å². The van der Waals surface area contributed by atoms with Crippen molar-refractivity contribution in [2.24, 2.45) is 0 Å². The first-order chi connectivity index (χ1) is 15.2. The van der Waals surface area contributed by atoms with Gasteiger partial charge in [-0.05, 0) is 35.0 Å². The van der Waals surface area contributed by atoms with Crippen LogP contribution in [0.1, 0.15) is 20.7 Å². The van der Waals surface area contributed by atoms with E-state index < -0.39 is 26.9 Å². The lowest BCUT2D eigenvalue weighted by Gasteiger charge is -2.28. The van der Waals surface area contributed by atoms with Gasteiger partial charge in [0, 0.05) is 28.5 Å². The van der Waals surface area contributed by atoms with E-state index in [1.54, 1.807) is 24.3 Å². The molecule has 9 nitrogen and oxygen atoms in total. The van der Waals surface area contributed by atoms with Crippen LogP contribution in [0.2, 0.25) is 0 Å². The molecule has 0 bridgehead atoms. The number of benzene rings is 4. The molecule has 0 atom stereocenters. The third kappa shape index (κ3) is 2.85. The van der Waals surface area contributed by atoms with Gasteiger partial charge in [-0.2, -0.15) is 8.42 Å². The van der Waals surface area contributed by atoms with E-state index in [9.17, 15) is 32.7 Å². The zero-order valence-corrected chi connectivity index (χ0v) is 16.9. The Hall–Kier alpha value is -4.15. The number of imide groups is 1. The van der Waals surface area contributed by atoms with Gasteiger partial charge in [-0.1, -0.05) is 30.3 Å². The monoisotopic (exact) mass is 448 g/mol. The standard InChI is InChI=1S/C22H12N2O7S/c25-21-17-5-1-4-13-9-14(24(27)28)11-18(20(13)17)22(26)23(21)19-6-2-3-12-10-15(32(29,30)31)7-8-16(12)19/h1-11H,(H,29,30,31). The first-order valence-electron chi connectivity index (χ1n) is 9.27. The number of carbonyl (C=O) groups excluding carboxylic acids is 2. The quantitative estimate of drug-likeness (QED) is 0.217. The molecule has 10 heteroatoms. The molecule has 2 amide bonds. The van der Waals surface area contributed by atoms with Crippen LogP contribution < -0.4 is 4.90 Å². The molecule has 0 spiro atoms. The van der Waals surface area contributed by atoms with Crippen molar-refractivity contribution in [1.29, 1.82) is 0 Å². The predicted molar refractivity (Wildman–Crippen MR) is 116 cm³/mol. The van der Waals surface area contributed by atoms with Crippen LogP contribution in [0.5, 0.6) is 0 Å². The van der Waals surface area contributed by atoms with Gasteiger partial charge in [0.25, 0.3) is 27.6 Å². The molecule has 0 unspecified atom stereocenters. The molecule has 0 aromatic heterocycles. The molecular weight excluding hydrogens is 436 g/mol. The number of non-ortho nitro benzene ring substituents is 1. The van der Waals surface area contributed by atoms with Gasteiger partial charge in [0.15, 0.2) is 0 Å². The van der Waals surface area contributed by atoms with Crippen molar-refractivity contribution >= 4 is 54.9 Å². The van der Waals surface area contributed by atoms with Gasteiger partial charge in [-0.25, -0.2) is 4.90 Å². The van der Waals surface area contributed by atoms with E-state index >= 15 is 0 Å². The highest BCUT2D eigenvalue weighted by Crippen LogP contribution is 2.38. The first-order valence-corrected chi connectivity index (χ1v) is 10.7. The molecule has 1 heterocycles. The van der Waals surface area contributed by atoms with Crippen molar-refractivity contribution in [1.82, 2.24) is 0 Å². The van der Waals surface area contributed by atoms with Crippen LogP contribution in [0.4, 0.5) is 11.4 Å². The SMILES string of the molecule is O=C1c2cccc3cc([N+](=O)[O-])cc(c23)C(=O)N1c1cccc2cc(S(=O)(=O)O)ccc12. The minimum absolute atomic E-state index is 0.0240. The highest BCUT2D eigenvalue weighted by molar-refractivity contribution is 7.85. The molecule has 0 fully saturated rings. The fourth-order valence-corrected chi connectivity index (χ4v) is 4.53. The van der Waals surface area contributed by atoms with Crippen LogP contribution in [-0.2, 0) is 10.1 Å². The van der Waals surface area contributed by atoms with Crippen molar-refractivity contribution in [2.75, 3.05) is 4.90 Å². The van der Waals surface area contributed by atoms with Gasteiger partial charge in [0.1, 0.15) is 0 Å². The van der Waals surface area contributed by atoms with Crippen molar-refractivity contribution in [3.63, 3.8) is 0 Å². The van der Waals surface area contributed by atoms with E-state index in [4.69, 9.17) is 0 Å². The zero-order valence-electron chi connectivity index (χ0n) is 16.1. The van der Waals surface area contributed by atoms with Crippen molar-refractivity contribution in [2.45, 2.75) is 4.90 Å². The Balaban J connectivity index is 1.77. The van der Waals surface area contributed by atoms with Crippen LogP contribution in [0.25, 0.3) is 21.5 Å². The Morgan fingerprint density at radius 3 is 2.25 bits per heavy atom. The number of rotatable bonds is 3. The lowest BCUT2D eigenvalue weighted by Crippen LogP contribution is -2.40. The average Bonchev–Trinajstić information content (AvgIpc) is 2.76. The Bertz CT molecular complexity index is 1630. The minimum Gasteiger partial charge on any atom is -0.282 e. The number of nitro groups is 1. The fraction of sp³-hybridized carbons (Fsp3) is 0. The van der Waals surface area contributed by atoms with Crippen molar-refractivity contribution in [3.8, 4) is 0 Å². The molecule has 0 saturated heterocycles. The molecule has 1 aliphatic heterocycles. The molecule has 0 saturated carbocycles. The molecule has 158 valence electrons. The number of nitro benzene ring substituents is 1. The van der Waals surface area contributed by atoms with Gasteiger partial charge in [-0.3, -0.25) is 24.3 Å². The van der Waals surface area contributed by atoms with Crippen LogP contribution in [0.3, 0.4) is 0 Å². The molecule has 1 N–H and O–H groups in total. The largest absolute Gasteiger partial charge is 0.294 e. The van der Waals surface area contributed by atoms with Gasteiger partial charge in [0.05, 0.1) is 21.1 Å². The van der Waals surface area contributed by atoms with Gasteiger partial charge >= 0.3 is 0 Å². The van der Waals surface area contributed by atoms with Crippen molar-refractivity contribution < 1.29 is 27.5 Å². The zero-order chi connectivity index (χ0) is 22.8. The van der Waals surface area contributed by atoms with Crippen LogP contribution in [0.15, 0.2) is 71.6 Å². The number of hydrogen-bond donors (Lipinski definition) is 1. The predicted octanol–water partition coefficient (Wildman–Crippen LogP) is 3.95. The second kappa shape index (κ2) is 6.67. The summed E-state index contributed by atoms with van der Waals surface area (Å²) in [5.74, 6) is -1.33. The van der Waals surface area contributed by atoms with E-state index in [2.05, 4.69) is 0 Å². The number of carbonyl (C=O) groups is 2. The molecule has 32 heavy (non-hydrogen) atoms. The highest BCUT2D eigenvalue weighted by Gasteiger charge is 2.36. The molecule has 4 aromatic carbocycles. The van der Waals surface area contributed by atoms with Crippen LogP contribution in [0, 0.1) is 10.1 Å². The maximum atomic E-state index is 13.4.